The molecule has 2 rings (SSSR count). The summed E-state index contributed by atoms with van der Waals surface area (Å²) in [5.41, 5.74) is 0.788. The summed E-state index contributed by atoms with van der Waals surface area (Å²) in [7, 11) is 0. The average molecular weight is 212 g/mol. The number of amides is 1. The number of hydrogen-bond donors (Lipinski definition) is 1. The number of benzene rings is 1. The van der Waals surface area contributed by atoms with Gasteiger partial charge >= 0.3 is 0 Å². The molecule has 1 saturated heterocycles. The summed E-state index contributed by atoms with van der Waals surface area (Å²) in [5.74, 6) is -0.0418. The van der Waals surface area contributed by atoms with Gasteiger partial charge in [-0.3, -0.25) is 4.79 Å². The van der Waals surface area contributed by atoms with Crippen LogP contribution in [-0.4, -0.2) is 23.7 Å². The van der Waals surface area contributed by atoms with Crippen molar-refractivity contribution in [2.24, 2.45) is 0 Å². The highest BCUT2D eigenvalue weighted by Gasteiger charge is 2.28. The Labute approximate surface area is 86.9 Å². The van der Waals surface area contributed by atoms with Gasteiger partial charge in [0, 0.05) is 10.7 Å². The van der Waals surface area contributed by atoms with Crippen LogP contribution in [0.4, 0.5) is 5.69 Å². The number of β-amino-alcohol motifs (C(OH)–C–C–N with tert-alkyl or cyclic N) is 1. The summed E-state index contributed by atoms with van der Waals surface area (Å²) in [6.07, 6.45) is -0.332. The van der Waals surface area contributed by atoms with Crippen molar-refractivity contribution in [1.82, 2.24) is 0 Å². The zero-order valence-electron chi connectivity index (χ0n) is 7.48. The summed E-state index contributed by atoms with van der Waals surface area (Å²) >= 11 is 5.73. The molecule has 14 heavy (non-hydrogen) atoms. The third-order valence-electron chi connectivity index (χ3n) is 2.24. The van der Waals surface area contributed by atoms with Crippen LogP contribution in [-0.2, 0) is 4.79 Å². The number of carbonyl (C=O) groups excluding carboxylic acids is 1. The number of aliphatic hydroxyl groups excluding tert-OH is 1. The lowest BCUT2D eigenvalue weighted by Crippen LogP contribution is -2.24. The second kappa shape index (κ2) is 3.59. The molecule has 1 unspecified atom stereocenters. The van der Waals surface area contributed by atoms with Crippen molar-refractivity contribution >= 4 is 23.2 Å². The van der Waals surface area contributed by atoms with E-state index in [1.54, 1.807) is 29.2 Å². The number of halogens is 1. The minimum Gasteiger partial charge on any atom is -0.391 e. The molecular weight excluding hydrogens is 202 g/mol. The number of carbonyl (C=O) groups is 1. The Morgan fingerprint density at radius 2 is 2.00 bits per heavy atom. The predicted octanol–water partition coefficient (Wildman–Crippen LogP) is 1.44. The summed E-state index contributed by atoms with van der Waals surface area (Å²) in [6.45, 7) is 0.375. The van der Waals surface area contributed by atoms with Crippen LogP contribution >= 0.6 is 11.6 Å². The molecular formula is C10H10ClNO2. The van der Waals surface area contributed by atoms with Crippen molar-refractivity contribution < 1.29 is 9.90 Å². The molecule has 0 saturated carbocycles. The number of nitrogens with zero attached hydrogens (tertiary/aromatic N) is 1. The first-order valence-electron chi connectivity index (χ1n) is 4.41. The summed E-state index contributed by atoms with van der Waals surface area (Å²) in [4.78, 5) is 13.0. The SMILES string of the molecule is O=C1CC(O)CN1c1ccc(Cl)cc1. The molecule has 4 heteroatoms. The predicted molar refractivity (Wildman–Crippen MR) is 54.4 cm³/mol. The van der Waals surface area contributed by atoms with Crippen molar-refractivity contribution in [3.05, 3.63) is 29.3 Å². The Morgan fingerprint density at radius 1 is 1.36 bits per heavy atom. The molecule has 0 aromatic heterocycles. The number of hydrogen-bond acceptors (Lipinski definition) is 2. The first-order valence-corrected chi connectivity index (χ1v) is 4.78. The molecule has 3 nitrogen and oxygen atoms in total. The van der Waals surface area contributed by atoms with Gasteiger partial charge in [-0.15, -0.1) is 0 Å². The van der Waals surface area contributed by atoms with Gasteiger partial charge in [-0.05, 0) is 24.3 Å². The topological polar surface area (TPSA) is 40.5 Å². The van der Waals surface area contributed by atoms with Crippen molar-refractivity contribution in [1.29, 1.82) is 0 Å². The zero-order chi connectivity index (χ0) is 10.1. The molecule has 74 valence electrons. The van der Waals surface area contributed by atoms with Gasteiger partial charge in [0.2, 0.25) is 5.91 Å². The minimum atomic E-state index is -0.543. The van der Waals surface area contributed by atoms with Crippen molar-refractivity contribution in [2.45, 2.75) is 12.5 Å². The maximum absolute atomic E-state index is 11.4. The molecule has 1 fully saturated rings. The molecule has 1 aromatic rings. The Balaban J connectivity index is 2.23. The molecule has 1 heterocycles. The fraction of sp³-hybridized carbons (Fsp3) is 0.300. The summed E-state index contributed by atoms with van der Waals surface area (Å²) in [6, 6.07) is 7.01. The molecule has 1 aromatic carbocycles. The van der Waals surface area contributed by atoms with E-state index in [0.29, 0.717) is 11.6 Å². The third-order valence-corrected chi connectivity index (χ3v) is 2.49. The van der Waals surface area contributed by atoms with Gasteiger partial charge in [0.1, 0.15) is 0 Å². The monoisotopic (exact) mass is 211 g/mol. The Morgan fingerprint density at radius 3 is 2.50 bits per heavy atom. The second-order valence-corrected chi connectivity index (χ2v) is 3.78. The molecule has 0 bridgehead atoms. The average Bonchev–Trinajstić information content (AvgIpc) is 2.47. The van der Waals surface area contributed by atoms with E-state index >= 15 is 0 Å². The molecule has 1 amide bonds. The second-order valence-electron chi connectivity index (χ2n) is 3.34. The van der Waals surface area contributed by atoms with Gasteiger partial charge in [0.05, 0.1) is 19.1 Å². The van der Waals surface area contributed by atoms with E-state index in [-0.39, 0.29) is 12.3 Å². The molecule has 0 spiro atoms. The Bertz CT molecular complexity index is 350. The number of rotatable bonds is 1. The van der Waals surface area contributed by atoms with Gasteiger partial charge < -0.3 is 10.0 Å². The van der Waals surface area contributed by atoms with Gasteiger partial charge in [0.25, 0.3) is 0 Å². The van der Waals surface area contributed by atoms with Crippen LogP contribution in [0.2, 0.25) is 5.02 Å². The van der Waals surface area contributed by atoms with E-state index in [1.165, 1.54) is 0 Å². The largest absolute Gasteiger partial charge is 0.391 e. The van der Waals surface area contributed by atoms with E-state index in [2.05, 4.69) is 0 Å². The van der Waals surface area contributed by atoms with E-state index < -0.39 is 6.10 Å². The van der Waals surface area contributed by atoms with E-state index in [0.717, 1.165) is 5.69 Å². The zero-order valence-corrected chi connectivity index (χ0v) is 8.24. The van der Waals surface area contributed by atoms with Crippen LogP contribution in [0.1, 0.15) is 6.42 Å². The van der Waals surface area contributed by atoms with E-state index in [1.807, 2.05) is 0 Å². The Hall–Kier alpha value is -1.06. The summed E-state index contributed by atoms with van der Waals surface area (Å²) < 4.78 is 0. The van der Waals surface area contributed by atoms with Crippen LogP contribution < -0.4 is 4.90 Å². The molecule has 1 atom stereocenters. The van der Waals surface area contributed by atoms with Crippen LogP contribution in [0.3, 0.4) is 0 Å². The molecule has 0 aliphatic carbocycles. The van der Waals surface area contributed by atoms with Gasteiger partial charge in [0.15, 0.2) is 0 Å². The first kappa shape index (κ1) is 9.49. The van der Waals surface area contributed by atoms with Crippen molar-refractivity contribution in [3.63, 3.8) is 0 Å². The highest BCUT2D eigenvalue weighted by molar-refractivity contribution is 6.30. The normalized spacial score (nSPS) is 21.7. The van der Waals surface area contributed by atoms with Crippen molar-refractivity contribution in [2.75, 3.05) is 11.4 Å². The standard InChI is InChI=1S/C10H10ClNO2/c11-7-1-3-8(4-2-7)12-6-9(13)5-10(12)14/h1-4,9,13H,5-6H2. The van der Waals surface area contributed by atoms with Gasteiger partial charge in [-0.25, -0.2) is 0 Å². The lowest BCUT2D eigenvalue weighted by atomic mass is 10.3. The van der Waals surface area contributed by atoms with E-state index in [4.69, 9.17) is 11.6 Å². The lowest BCUT2D eigenvalue weighted by molar-refractivity contribution is -0.117. The Kier molecular flexibility index (Phi) is 2.44. The third kappa shape index (κ3) is 1.74. The molecule has 1 N–H and O–H groups in total. The highest BCUT2D eigenvalue weighted by Crippen LogP contribution is 2.22. The fourth-order valence-electron chi connectivity index (χ4n) is 1.56. The van der Waals surface area contributed by atoms with Crippen LogP contribution in [0.15, 0.2) is 24.3 Å². The lowest BCUT2D eigenvalue weighted by Gasteiger charge is -2.15. The number of anilines is 1. The van der Waals surface area contributed by atoms with E-state index in [9.17, 15) is 9.90 Å². The minimum absolute atomic E-state index is 0.0418. The fourth-order valence-corrected chi connectivity index (χ4v) is 1.69. The highest BCUT2D eigenvalue weighted by atomic mass is 35.5. The number of aliphatic hydroxyl groups is 1. The quantitative estimate of drug-likeness (QED) is 0.764. The van der Waals surface area contributed by atoms with Gasteiger partial charge in [-0.1, -0.05) is 11.6 Å². The van der Waals surface area contributed by atoms with Gasteiger partial charge in [-0.2, -0.15) is 0 Å². The molecule has 0 radical (unpaired) electrons. The van der Waals surface area contributed by atoms with Crippen molar-refractivity contribution in [3.8, 4) is 0 Å². The van der Waals surface area contributed by atoms with Crippen LogP contribution in [0, 0.1) is 0 Å². The molecule has 1 aliphatic rings. The maximum Gasteiger partial charge on any atom is 0.229 e. The smallest absolute Gasteiger partial charge is 0.229 e. The molecule has 1 aliphatic heterocycles. The first-order chi connectivity index (χ1) is 6.66. The summed E-state index contributed by atoms with van der Waals surface area (Å²) in [5, 5.41) is 9.94. The maximum atomic E-state index is 11.4. The van der Waals surface area contributed by atoms with Crippen LogP contribution in [0.5, 0.6) is 0 Å². The van der Waals surface area contributed by atoms with Crippen LogP contribution in [0.25, 0.3) is 0 Å².